The molecule has 0 saturated carbocycles. The summed E-state index contributed by atoms with van der Waals surface area (Å²) in [6.07, 6.45) is -9.81. The van der Waals surface area contributed by atoms with Gasteiger partial charge in [0.15, 0.2) is 11.9 Å². The molecule has 4 atom stereocenters. The average Bonchev–Trinajstić information content (AvgIpc) is 3.11. The van der Waals surface area contributed by atoms with Crippen molar-refractivity contribution in [3.8, 4) is 0 Å². The van der Waals surface area contributed by atoms with Gasteiger partial charge in [-0.3, -0.25) is 9.69 Å². The minimum absolute atomic E-state index is 0.0636. The Morgan fingerprint density at radius 1 is 1.33 bits per heavy atom. The van der Waals surface area contributed by atoms with Crippen molar-refractivity contribution >= 4 is 23.3 Å². The number of carbonyl (C=O) groups is 1. The molecule has 0 aromatic carbocycles. The highest BCUT2D eigenvalue weighted by Crippen LogP contribution is 2.34. The second-order valence-corrected chi connectivity index (χ2v) is 5.78. The van der Waals surface area contributed by atoms with Gasteiger partial charge in [-0.15, -0.1) is 13.2 Å². The van der Waals surface area contributed by atoms with Crippen LogP contribution in [-0.4, -0.2) is 77.6 Å². The molecule has 11 nitrogen and oxygen atoms in total. The molecule has 14 heteroatoms. The maximum absolute atomic E-state index is 12.9. The van der Waals surface area contributed by atoms with Crippen LogP contribution in [0.2, 0.25) is 0 Å². The Morgan fingerprint density at radius 2 is 2.04 bits per heavy atom. The van der Waals surface area contributed by atoms with Gasteiger partial charge in [0.1, 0.15) is 30.5 Å². The molecule has 0 spiro atoms. The van der Waals surface area contributed by atoms with E-state index in [2.05, 4.69) is 15.1 Å². The number of fused-ring (bicyclic) bond motifs is 1. The van der Waals surface area contributed by atoms with Gasteiger partial charge in [-0.2, -0.15) is 5.10 Å². The number of halogens is 3. The molecule has 3 rings (SSSR count). The van der Waals surface area contributed by atoms with Gasteiger partial charge >= 0.3 is 6.30 Å². The third kappa shape index (κ3) is 3.27. The Hall–Kier alpha value is -2.55. The minimum Gasteiger partial charge on any atom is -0.394 e. The fraction of sp³-hybridized carbons (Fsp3) is 0.538. The Morgan fingerprint density at radius 3 is 2.59 bits per heavy atom. The van der Waals surface area contributed by atoms with Crippen molar-refractivity contribution in [3.05, 3.63) is 12.0 Å². The summed E-state index contributed by atoms with van der Waals surface area (Å²) >= 11 is 0. The van der Waals surface area contributed by atoms with Crippen molar-refractivity contribution in [1.29, 1.82) is 0 Å². The fourth-order valence-electron chi connectivity index (χ4n) is 2.79. The van der Waals surface area contributed by atoms with E-state index in [9.17, 15) is 33.3 Å². The number of nitrogens with two attached hydrogens (primary N) is 1. The zero-order chi connectivity index (χ0) is 19.9. The zero-order valence-corrected chi connectivity index (χ0v) is 13.5. The molecule has 27 heavy (non-hydrogen) atoms. The second-order valence-electron chi connectivity index (χ2n) is 5.78. The maximum atomic E-state index is 12.9. The number of nitrogens with zero attached hydrogens (tertiary/aromatic N) is 5. The van der Waals surface area contributed by atoms with Crippen LogP contribution < -0.4 is 5.73 Å². The Balaban J connectivity index is 2.08. The van der Waals surface area contributed by atoms with Gasteiger partial charge in [-0.25, -0.2) is 14.6 Å². The van der Waals surface area contributed by atoms with Crippen LogP contribution in [0.4, 0.5) is 19.0 Å². The van der Waals surface area contributed by atoms with E-state index in [1.54, 1.807) is 0 Å². The summed E-state index contributed by atoms with van der Waals surface area (Å²) < 4.78 is 45.0. The van der Waals surface area contributed by atoms with E-state index >= 15 is 0 Å². The first-order valence-corrected chi connectivity index (χ1v) is 7.57. The summed E-state index contributed by atoms with van der Waals surface area (Å²) in [5.41, 5.74) is 5.37. The molecule has 148 valence electrons. The first-order chi connectivity index (χ1) is 12.7. The number of alkyl halides is 3. The topological polar surface area (TPSA) is 160 Å². The Labute approximate surface area is 148 Å². The Bertz CT molecular complexity index is 846. The number of amides is 1. The molecule has 3 heterocycles. The number of nitrogen functional groups attached to an aromatic ring is 1. The molecule has 0 radical (unpaired) electrons. The van der Waals surface area contributed by atoms with Crippen molar-refractivity contribution < 1.29 is 38.0 Å². The van der Waals surface area contributed by atoms with E-state index in [0.29, 0.717) is 0 Å². The lowest BCUT2D eigenvalue weighted by molar-refractivity contribution is -0.237. The summed E-state index contributed by atoms with van der Waals surface area (Å²) in [7, 11) is 0. The fourth-order valence-corrected chi connectivity index (χ4v) is 2.79. The minimum atomic E-state index is -4.95. The van der Waals surface area contributed by atoms with Crippen LogP contribution in [-0.2, 0) is 16.1 Å². The van der Waals surface area contributed by atoms with Gasteiger partial charge in [0.25, 0.3) is 0 Å². The SMILES string of the molecule is Nc1ncnc2c1c(CN(C=O)C(F)(F)F)nn2[C@@H]1O[C@H](CO)[C@@H](O)[C@H]1O. The van der Waals surface area contributed by atoms with Crippen molar-refractivity contribution in [2.24, 2.45) is 0 Å². The summed E-state index contributed by atoms with van der Waals surface area (Å²) in [5.74, 6) is -0.194. The summed E-state index contributed by atoms with van der Waals surface area (Å²) in [4.78, 5) is 17.9. The van der Waals surface area contributed by atoms with E-state index in [0.717, 1.165) is 11.0 Å². The number of hydrogen-bond acceptors (Lipinski definition) is 9. The number of aliphatic hydroxyl groups excluding tert-OH is 3. The predicted octanol–water partition coefficient (Wildman–Crippen LogP) is -1.50. The zero-order valence-electron chi connectivity index (χ0n) is 13.5. The lowest BCUT2D eigenvalue weighted by Crippen LogP contribution is -2.36. The van der Waals surface area contributed by atoms with Crippen LogP contribution in [0.3, 0.4) is 0 Å². The van der Waals surface area contributed by atoms with Crippen LogP contribution in [0.15, 0.2) is 6.33 Å². The quantitative estimate of drug-likeness (QED) is 0.351. The first kappa shape index (κ1) is 19.2. The van der Waals surface area contributed by atoms with Gasteiger partial charge < -0.3 is 25.8 Å². The van der Waals surface area contributed by atoms with Crippen LogP contribution in [0.5, 0.6) is 0 Å². The van der Waals surface area contributed by atoms with E-state index in [4.69, 9.17) is 10.5 Å². The normalized spacial score (nSPS) is 25.9. The number of aliphatic hydroxyl groups is 3. The van der Waals surface area contributed by atoms with Crippen LogP contribution in [0.25, 0.3) is 11.0 Å². The molecular weight excluding hydrogens is 377 g/mol. The molecule has 2 aromatic rings. The van der Waals surface area contributed by atoms with Crippen molar-refractivity contribution in [3.63, 3.8) is 0 Å². The van der Waals surface area contributed by atoms with Crippen LogP contribution >= 0.6 is 0 Å². The van der Waals surface area contributed by atoms with Crippen molar-refractivity contribution in [2.75, 3.05) is 12.3 Å². The standard InChI is InChI=1S/C13H15F3N6O5/c14-13(15,16)21(4-24)1-5-7-10(17)18-3-19-11(7)22(20-5)12-9(26)8(25)6(2-23)27-12/h3-4,6,8-9,12,23,25-26H,1-2H2,(H2,17,18,19)/t6-,8-,9-,12-/m1/s1. The second kappa shape index (κ2) is 6.88. The average molecular weight is 392 g/mol. The third-order valence-electron chi connectivity index (χ3n) is 4.12. The molecule has 1 aliphatic heterocycles. The first-order valence-electron chi connectivity index (χ1n) is 7.57. The highest BCUT2D eigenvalue weighted by atomic mass is 19.4. The molecule has 0 aliphatic carbocycles. The van der Waals surface area contributed by atoms with Crippen LogP contribution in [0.1, 0.15) is 11.9 Å². The third-order valence-corrected chi connectivity index (χ3v) is 4.12. The number of aromatic nitrogens is 4. The maximum Gasteiger partial charge on any atom is 0.487 e. The molecule has 0 bridgehead atoms. The van der Waals surface area contributed by atoms with Crippen LogP contribution in [0, 0.1) is 0 Å². The van der Waals surface area contributed by atoms with Gasteiger partial charge in [-0.05, 0) is 0 Å². The molecule has 1 fully saturated rings. The lowest BCUT2D eigenvalue weighted by Gasteiger charge is -2.19. The summed E-state index contributed by atoms with van der Waals surface area (Å²) in [6.45, 7) is -1.59. The molecule has 1 amide bonds. The Kier molecular flexibility index (Phi) is 4.90. The highest BCUT2D eigenvalue weighted by molar-refractivity contribution is 5.88. The van der Waals surface area contributed by atoms with Crippen molar-refractivity contribution in [1.82, 2.24) is 24.6 Å². The number of carbonyl (C=O) groups excluding carboxylic acids is 1. The molecule has 5 N–H and O–H groups in total. The molecule has 0 unspecified atom stereocenters. The van der Waals surface area contributed by atoms with Gasteiger partial charge in [-0.1, -0.05) is 0 Å². The number of ether oxygens (including phenoxy) is 1. The number of anilines is 1. The van der Waals surface area contributed by atoms with E-state index in [1.807, 2.05) is 0 Å². The summed E-state index contributed by atoms with van der Waals surface area (Å²) in [6, 6.07) is 0. The highest BCUT2D eigenvalue weighted by Gasteiger charge is 2.45. The van der Waals surface area contributed by atoms with Crippen molar-refractivity contribution in [2.45, 2.75) is 37.4 Å². The van der Waals surface area contributed by atoms with E-state index in [-0.39, 0.29) is 22.5 Å². The largest absolute Gasteiger partial charge is 0.487 e. The molecule has 2 aromatic heterocycles. The van der Waals surface area contributed by atoms with Gasteiger partial charge in [0, 0.05) is 0 Å². The molecular formula is C13H15F3N6O5. The summed E-state index contributed by atoms with van der Waals surface area (Å²) in [5, 5.41) is 33.1. The number of rotatable bonds is 5. The van der Waals surface area contributed by atoms with E-state index in [1.165, 1.54) is 0 Å². The number of hydrogen-bond donors (Lipinski definition) is 4. The van der Waals surface area contributed by atoms with Gasteiger partial charge in [0.2, 0.25) is 6.41 Å². The molecule has 1 aliphatic rings. The van der Waals surface area contributed by atoms with E-state index < -0.39 is 55.3 Å². The smallest absolute Gasteiger partial charge is 0.394 e. The molecule has 1 saturated heterocycles. The predicted molar refractivity (Wildman–Crippen MR) is 80.4 cm³/mol. The lowest BCUT2D eigenvalue weighted by atomic mass is 10.1. The monoisotopic (exact) mass is 392 g/mol. The van der Waals surface area contributed by atoms with Gasteiger partial charge in [0.05, 0.1) is 24.2 Å².